The predicted octanol–water partition coefficient (Wildman–Crippen LogP) is 4.26. The second-order valence-electron chi connectivity index (χ2n) is 8.06. The zero-order valence-electron chi connectivity index (χ0n) is 17.9. The highest BCUT2D eigenvalue weighted by molar-refractivity contribution is 6.10. The second-order valence-corrected chi connectivity index (χ2v) is 8.06. The fourth-order valence-corrected chi connectivity index (χ4v) is 4.50. The van der Waals surface area contributed by atoms with E-state index < -0.39 is 0 Å². The van der Waals surface area contributed by atoms with Crippen molar-refractivity contribution in [1.29, 1.82) is 5.26 Å². The number of aromatic nitrogens is 1. The summed E-state index contributed by atoms with van der Waals surface area (Å²) >= 11 is 0. The number of hydrogen-bond donors (Lipinski definition) is 1. The number of carbonyl (C=O) groups excluding carboxylic acids is 2. The van der Waals surface area contributed by atoms with Gasteiger partial charge in [-0.25, -0.2) is 0 Å². The van der Waals surface area contributed by atoms with Crippen LogP contribution in [0.5, 0.6) is 0 Å². The summed E-state index contributed by atoms with van der Waals surface area (Å²) in [6.45, 7) is 5.61. The lowest BCUT2D eigenvalue weighted by Crippen LogP contribution is -2.40. The summed E-state index contributed by atoms with van der Waals surface area (Å²) in [5.74, 6) is -0.0156. The van der Waals surface area contributed by atoms with Gasteiger partial charge in [0.2, 0.25) is 5.91 Å². The standard InChI is InChI=1S/C25H26N4O2/c1-3-29-22-7-5-4-6-20(22)21-15-19(8-9-23(21)29)27-25(31)24-14-18(10-12-26)16-28(24)13-11-17(2)30/h4-10,15,24H,3,11,13-14,16H2,1-2H3,(H,27,31)/t24-/m0/s1. The minimum absolute atomic E-state index is 0.0923. The Kier molecular flexibility index (Phi) is 5.88. The molecule has 1 aromatic heterocycles. The maximum Gasteiger partial charge on any atom is 0.242 e. The van der Waals surface area contributed by atoms with E-state index in [1.54, 1.807) is 6.92 Å². The molecule has 0 saturated carbocycles. The molecule has 3 aromatic rings. The number of ketones is 1. The van der Waals surface area contributed by atoms with E-state index in [-0.39, 0.29) is 17.7 Å². The topological polar surface area (TPSA) is 78.1 Å². The molecule has 2 heterocycles. The summed E-state index contributed by atoms with van der Waals surface area (Å²) in [6.07, 6.45) is 2.42. The predicted molar refractivity (Wildman–Crippen MR) is 123 cm³/mol. The number of Topliss-reactive ketones (excluding diaryl/α,β-unsaturated/α-hetero) is 1. The van der Waals surface area contributed by atoms with Gasteiger partial charge >= 0.3 is 0 Å². The van der Waals surface area contributed by atoms with Crippen molar-refractivity contribution in [3.8, 4) is 6.07 Å². The Morgan fingerprint density at radius 3 is 2.71 bits per heavy atom. The van der Waals surface area contributed by atoms with Gasteiger partial charge in [-0.1, -0.05) is 18.2 Å². The molecule has 0 unspecified atom stereocenters. The van der Waals surface area contributed by atoms with E-state index in [1.807, 2.05) is 29.2 Å². The van der Waals surface area contributed by atoms with Crippen LogP contribution in [0.3, 0.4) is 0 Å². The summed E-state index contributed by atoms with van der Waals surface area (Å²) in [6, 6.07) is 16.0. The first-order valence-corrected chi connectivity index (χ1v) is 10.6. The summed E-state index contributed by atoms with van der Waals surface area (Å²) in [5.41, 5.74) is 4.00. The number of fused-ring (bicyclic) bond motifs is 3. The van der Waals surface area contributed by atoms with Gasteiger partial charge in [-0.3, -0.25) is 14.5 Å². The van der Waals surface area contributed by atoms with Crippen LogP contribution in [0.15, 0.2) is 54.1 Å². The smallest absolute Gasteiger partial charge is 0.242 e. The zero-order valence-corrected chi connectivity index (χ0v) is 17.9. The average molecular weight is 415 g/mol. The first-order chi connectivity index (χ1) is 15.0. The van der Waals surface area contributed by atoms with E-state index in [0.717, 1.165) is 28.7 Å². The molecule has 2 aromatic carbocycles. The molecule has 6 nitrogen and oxygen atoms in total. The molecule has 4 rings (SSSR count). The fourth-order valence-electron chi connectivity index (χ4n) is 4.50. The Balaban J connectivity index is 1.61. The van der Waals surface area contributed by atoms with Crippen LogP contribution < -0.4 is 5.32 Å². The Morgan fingerprint density at radius 1 is 1.19 bits per heavy atom. The van der Waals surface area contributed by atoms with E-state index in [1.165, 1.54) is 17.0 Å². The number of anilines is 1. The van der Waals surface area contributed by atoms with Gasteiger partial charge in [-0.05, 0) is 50.1 Å². The Hall–Kier alpha value is -3.43. The number of aryl methyl sites for hydroxylation is 1. The highest BCUT2D eigenvalue weighted by Crippen LogP contribution is 2.31. The molecular weight excluding hydrogens is 388 g/mol. The minimum atomic E-state index is -0.383. The third-order valence-corrected chi connectivity index (χ3v) is 5.98. The van der Waals surface area contributed by atoms with E-state index in [2.05, 4.69) is 41.1 Å². The molecule has 1 fully saturated rings. The number of nitrogens with one attached hydrogen (secondary N) is 1. The molecule has 0 aliphatic carbocycles. The molecule has 0 radical (unpaired) electrons. The molecule has 158 valence electrons. The summed E-state index contributed by atoms with van der Waals surface area (Å²) in [4.78, 5) is 26.6. The Morgan fingerprint density at radius 2 is 1.97 bits per heavy atom. The average Bonchev–Trinajstić information content (AvgIpc) is 3.31. The molecule has 1 aliphatic rings. The number of nitriles is 1. The van der Waals surface area contributed by atoms with Gasteiger partial charge in [0.15, 0.2) is 0 Å². The van der Waals surface area contributed by atoms with Gasteiger partial charge in [-0.2, -0.15) is 5.26 Å². The molecule has 1 amide bonds. The molecule has 1 atom stereocenters. The van der Waals surface area contributed by atoms with Crippen LogP contribution in [0.1, 0.15) is 26.7 Å². The van der Waals surface area contributed by atoms with Crippen molar-refractivity contribution in [2.45, 2.75) is 39.3 Å². The van der Waals surface area contributed by atoms with Crippen LogP contribution in [0, 0.1) is 11.3 Å². The lowest BCUT2D eigenvalue weighted by atomic mass is 10.1. The maximum atomic E-state index is 13.1. The van der Waals surface area contributed by atoms with Crippen molar-refractivity contribution in [2.75, 3.05) is 18.4 Å². The zero-order chi connectivity index (χ0) is 22.0. The van der Waals surface area contributed by atoms with Crippen molar-refractivity contribution in [3.63, 3.8) is 0 Å². The summed E-state index contributed by atoms with van der Waals surface area (Å²) in [7, 11) is 0. The number of benzene rings is 2. The largest absolute Gasteiger partial charge is 0.341 e. The highest BCUT2D eigenvalue weighted by atomic mass is 16.2. The number of carbonyl (C=O) groups is 2. The molecule has 1 N–H and O–H groups in total. The SMILES string of the molecule is CCn1c2ccccc2c2cc(NC(=O)[C@@H]3CC(=CC#N)CN3CCC(C)=O)ccc21. The number of nitrogens with zero attached hydrogens (tertiary/aromatic N) is 3. The van der Waals surface area contributed by atoms with Gasteiger partial charge in [-0.15, -0.1) is 0 Å². The third kappa shape index (κ3) is 4.10. The van der Waals surface area contributed by atoms with Crippen molar-refractivity contribution in [1.82, 2.24) is 9.47 Å². The van der Waals surface area contributed by atoms with Crippen molar-refractivity contribution < 1.29 is 9.59 Å². The van der Waals surface area contributed by atoms with E-state index in [9.17, 15) is 9.59 Å². The fraction of sp³-hybridized carbons (Fsp3) is 0.320. The molecule has 31 heavy (non-hydrogen) atoms. The van der Waals surface area contributed by atoms with Gasteiger partial charge < -0.3 is 9.88 Å². The third-order valence-electron chi connectivity index (χ3n) is 5.98. The van der Waals surface area contributed by atoms with Crippen LogP contribution in [0.25, 0.3) is 21.8 Å². The summed E-state index contributed by atoms with van der Waals surface area (Å²) in [5, 5.41) is 14.3. The van der Waals surface area contributed by atoms with Crippen LogP contribution in [-0.4, -0.2) is 40.3 Å². The Bertz CT molecular complexity index is 1230. The maximum absolute atomic E-state index is 13.1. The monoisotopic (exact) mass is 414 g/mol. The molecular formula is C25H26N4O2. The lowest BCUT2D eigenvalue weighted by Gasteiger charge is -2.22. The van der Waals surface area contributed by atoms with Crippen LogP contribution in [-0.2, 0) is 16.1 Å². The van der Waals surface area contributed by atoms with Gasteiger partial charge in [0.1, 0.15) is 5.78 Å². The second kappa shape index (κ2) is 8.75. The van der Waals surface area contributed by atoms with Crippen molar-refractivity contribution >= 4 is 39.2 Å². The van der Waals surface area contributed by atoms with Crippen LogP contribution >= 0.6 is 0 Å². The number of rotatable bonds is 6. The lowest BCUT2D eigenvalue weighted by molar-refractivity contribution is -0.122. The number of hydrogen-bond acceptors (Lipinski definition) is 4. The van der Waals surface area contributed by atoms with E-state index >= 15 is 0 Å². The number of likely N-dealkylation sites (tertiary alicyclic amines) is 1. The summed E-state index contributed by atoms with van der Waals surface area (Å²) < 4.78 is 2.27. The highest BCUT2D eigenvalue weighted by Gasteiger charge is 2.33. The number of para-hydroxylation sites is 1. The molecule has 1 aliphatic heterocycles. The normalized spacial score (nSPS) is 18.0. The quantitative estimate of drug-likeness (QED) is 0.612. The first-order valence-electron chi connectivity index (χ1n) is 10.6. The van der Waals surface area contributed by atoms with Crippen molar-refractivity contribution in [2.24, 2.45) is 0 Å². The molecule has 0 spiro atoms. The van der Waals surface area contributed by atoms with E-state index in [4.69, 9.17) is 5.26 Å². The van der Waals surface area contributed by atoms with Crippen LogP contribution in [0.4, 0.5) is 5.69 Å². The first kappa shape index (κ1) is 20.8. The van der Waals surface area contributed by atoms with Gasteiger partial charge in [0.25, 0.3) is 0 Å². The molecule has 0 bridgehead atoms. The van der Waals surface area contributed by atoms with Gasteiger partial charge in [0.05, 0.1) is 12.1 Å². The van der Waals surface area contributed by atoms with E-state index in [0.29, 0.717) is 25.9 Å². The number of amides is 1. The minimum Gasteiger partial charge on any atom is -0.341 e. The van der Waals surface area contributed by atoms with Crippen LogP contribution in [0.2, 0.25) is 0 Å². The van der Waals surface area contributed by atoms with Crippen molar-refractivity contribution in [3.05, 3.63) is 54.1 Å². The molecule has 1 saturated heterocycles. The molecule has 6 heteroatoms. The van der Waals surface area contributed by atoms with Gasteiger partial charge in [0, 0.05) is 59.6 Å². The number of allylic oxidation sites excluding steroid dienone is 1. The Labute approximate surface area is 181 Å².